The molecule has 0 aliphatic heterocycles. The quantitative estimate of drug-likeness (QED) is 0.680. The van der Waals surface area contributed by atoms with Gasteiger partial charge >= 0.3 is 12.3 Å². The van der Waals surface area contributed by atoms with E-state index in [-0.39, 0.29) is 6.07 Å². The molecule has 0 aromatic carbocycles. The Bertz CT molecular complexity index is 473. The maximum Gasteiger partial charge on any atom is 0.573 e. The second-order valence-electron chi connectivity index (χ2n) is 2.86. The third-order valence-electron chi connectivity index (χ3n) is 1.62. The van der Waals surface area contributed by atoms with Gasteiger partial charge in [0.05, 0.1) is 0 Å². The van der Waals surface area contributed by atoms with Crippen LogP contribution in [0.15, 0.2) is 6.07 Å². The average Bonchev–Trinajstić information content (AvgIpc) is 2.17. The summed E-state index contributed by atoms with van der Waals surface area (Å²) in [6, 6.07) is 0.0509. The van der Waals surface area contributed by atoms with E-state index < -0.39 is 41.7 Å². The van der Waals surface area contributed by atoms with Crippen LogP contribution in [0.25, 0.3) is 0 Å². The van der Waals surface area contributed by atoms with Crippen molar-refractivity contribution in [3.8, 4) is 5.75 Å². The molecule has 1 N–H and O–H groups in total. The van der Waals surface area contributed by atoms with Crippen LogP contribution in [0.4, 0.5) is 26.3 Å². The van der Waals surface area contributed by atoms with Crippen LogP contribution >= 0.6 is 0 Å². The second kappa shape index (κ2) is 4.70. The SMILES string of the molecule is O=C(O)c1cc(F)nc(C(F)F)c1OC(F)(F)F. The fourth-order valence-electron chi connectivity index (χ4n) is 1.05. The number of rotatable bonds is 3. The summed E-state index contributed by atoms with van der Waals surface area (Å²) >= 11 is 0. The summed E-state index contributed by atoms with van der Waals surface area (Å²) in [7, 11) is 0. The minimum Gasteiger partial charge on any atom is -0.478 e. The van der Waals surface area contributed by atoms with E-state index >= 15 is 0 Å². The Kier molecular flexibility index (Phi) is 3.67. The highest BCUT2D eigenvalue weighted by atomic mass is 19.4. The van der Waals surface area contributed by atoms with Crippen LogP contribution < -0.4 is 4.74 Å². The fraction of sp³-hybridized carbons (Fsp3) is 0.250. The van der Waals surface area contributed by atoms with Crippen molar-refractivity contribution < 1.29 is 41.0 Å². The zero-order valence-corrected chi connectivity index (χ0v) is 8.13. The molecule has 0 saturated heterocycles. The van der Waals surface area contributed by atoms with Gasteiger partial charge in [-0.15, -0.1) is 13.2 Å². The molecule has 100 valence electrons. The first-order chi connectivity index (χ1) is 8.11. The molecule has 0 bridgehead atoms. The van der Waals surface area contributed by atoms with E-state index in [0.717, 1.165) is 0 Å². The molecular weight excluding hydrogens is 272 g/mol. The Hall–Kier alpha value is -2.00. The van der Waals surface area contributed by atoms with E-state index in [9.17, 15) is 31.1 Å². The van der Waals surface area contributed by atoms with E-state index in [4.69, 9.17) is 5.11 Å². The first-order valence-corrected chi connectivity index (χ1v) is 4.09. The van der Waals surface area contributed by atoms with Gasteiger partial charge in [-0.05, 0) is 0 Å². The predicted octanol–water partition coefficient (Wildman–Crippen LogP) is 2.76. The van der Waals surface area contributed by atoms with Gasteiger partial charge < -0.3 is 9.84 Å². The number of aromatic carboxylic acids is 1. The molecule has 0 saturated carbocycles. The Morgan fingerprint density at radius 3 is 2.33 bits per heavy atom. The molecule has 0 spiro atoms. The standard InChI is InChI=1S/C8H3F6NO3/c9-3-1-2(7(16)17)5(18-8(12,13)14)4(15-3)6(10)11/h1,6H,(H,16,17). The Balaban J connectivity index is 3.46. The second-order valence-corrected chi connectivity index (χ2v) is 2.86. The first-order valence-electron chi connectivity index (χ1n) is 4.09. The lowest BCUT2D eigenvalue weighted by Crippen LogP contribution is -2.21. The van der Waals surface area contributed by atoms with Crippen molar-refractivity contribution in [2.75, 3.05) is 0 Å². The molecule has 0 fully saturated rings. The normalized spacial score (nSPS) is 11.7. The van der Waals surface area contributed by atoms with Crippen molar-refractivity contribution >= 4 is 5.97 Å². The summed E-state index contributed by atoms with van der Waals surface area (Å²) in [6.07, 6.45) is -9.04. The minimum atomic E-state index is -5.41. The average molecular weight is 275 g/mol. The zero-order chi connectivity index (χ0) is 14.1. The van der Waals surface area contributed by atoms with Crippen LogP contribution in [0.5, 0.6) is 5.75 Å². The zero-order valence-electron chi connectivity index (χ0n) is 8.13. The van der Waals surface area contributed by atoms with Gasteiger partial charge in [0.2, 0.25) is 5.95 Å². The van der Waals surface area contributed by atoms with Crippen LogP contribution in [-0.2, 0) is 0 Å². The molecule has 1 heterocycles. The van der Waals surface area contributed by atoms with Crippen molar-refractivity contribution in [3.05, 3.63) is 23.3 Å². The summed E-state index contributed by atoms with van der Waals surface area (Å²) in [6.45, 7) is 0. The highest BCUT2D eigenvalue weighted by molar-refractivity contribution is 5.91. The fourth-order valence-corrected chi connectivity index (χ4v) is 1.05. The minimum absolute atomic E-state index is 0.0509. The van der Waals surface area contributed by atoms with Gasteiger partial charge in [-0.1, -0.05) is 0 Å². The van der Waals surface area contributed by atoms with Gasteiger partial charge in [0.15, 0.2) is 11.4 Å². The first kappa shape index (κ1) is 14.1. The molecule has 1 rings (SSSR count). The van der Waals surface area contributed by atoms with Crippen molar-refractivity contribution in [3.63, 3.8) is 0 Å². The Labute approximate surface area is 94.8 Å². The number of carboxylic acids is 1. The van der Waals surface area contributed by atoms with Crippen LogP contribution in [0.3, 0.4) is 0 Å². The third kappa shape index (κ3) is 3.25. The molecule has 0 aliphatic carbocycles. The molecule has 10 heteroatoms. The number of ether oxygens (including phenoxy) is 1. The van der Waals surface area contributed by atoms with Crippen molar-refractivity contribution in [1.29, 1.82) is 0 Å². The van der Waals surface area contributed by atoms with E-state index in [1.165, 1.54) is 0 Å². The van der Waals surface area contributed by atoms with Crippen molar-refractivity contribution in [1.82, 2.24) is 4.98 Å². The number of pyridine rings is 1. The lowest BCUT2D eigenvalue weighted by molar-refractivity contribution is -0.275. The molecule has 1 aromatic heterocycles. The van der Waals surface area contributed by atoms with Crippen molar-refractivity contribution in [2.24, 2.45) is 0 Å². The summed E-state index contributed by atoms with van der Waals surface area (Å²) in [4.78, 5) is 13.0. The lowest BCUT2D eigenvalue weighted by atomic mass is 10.2. The van der Waals surface area contributed by atoms with E-state index in [0.29, 0.717) is 0 Å². The summed E-state index contributed by atoms with van der Waals surface area (Å²) in [5.41, 5.74) is -3.13. The number of nitrogens with zero attached hydrogens (tertiary/aromatic N) is 1. The Morgan fingerprint density at radius 2 is 1.94 bits per heavy atom. The highest BCUT2D eigenvalue weighted by Crippen LogP contribution is 2.34. The maximum atomic E-state index is 12.7. The maximum absolute atomic E-state index is 12.7. The number of alkyl halides is 5. The van der Waals surface area contributed by atoms with Crippen LogP contribution in [0, 0.1) is 5.95 Å². The highest BCUT2D eigenvalue weighted by Gasteiger charge is 2.37. The molecule has 0 amide bonds. The lowest BCUT2D eigenvalue weighted by Gasteiger charge is -2.14. The van der Waals surface area contributed by atoms with E-state index in [1.54, 1.807) is 0 Å². The van der Waals surface area contributed by atoms with Gasteiger partial charge in [-0.2, -0.15) is 4.39 Å². The monoisotopic (exact) mass is 275 g/mol. The molecule has 18 heavy (non-hydrogen) atoms. The smallest absolute Gasteiger partial charge is 0.478 e. The van der Waals surface area contributed by atoms with Gasteiger partial charge in [0.25, 0.3) is 6.43 Å². The summed E-state index contributed by atoms with van der Waals surface area (Å²) < 4.78 is 76.4. The number of carbonyl (C=O) groups is 1. The van der Waals surface area contributed by atoms with Crippen LogP contribution in [0.1, 0.15) is 22.5 Å². The number of carboxylic acid groups (broad SMARTS) is 1. The van der Waals surface area contributed by atoms with Gasteiger partial charge in [0.1, 0.15) is 5.56 Å². The Morgan fingerprint density at radius 1 is 1.39 bits per heavy atom. The van der Waals surface area contributed by atoms with Gasteiger partial charge in [-0.25, -0.2) is 18.6 Å². The van der Waals surface area contributed by atoms with Crippen LogP contribution in [-0.4, -0.2) is 22.4 Å². The molecular formula is C8H3F6NO3. The summed E-state index contributed by atoms with van der Waals surface area (Å²) in [5.74, 6) is -5.44. The molecule has 0 atom stereocenters. The number of hydrogen-bond donors (Lipinski definition) is 1. The predicted molar refractivity (Wildman–Crippen MR) is 42.8 cm³/mol. The van der Waals surface area contributed by atoms with Gasteiger partial charge in [0, 0.05) is 6.07 Å². The number of halogens is 6. The molecule has 0 radical (unpaired) electrons. The molecule has 4 nitrogen and oxygen atoms in total. The van der Waals surface area contributed by atoms with E-state index in [2.05, 4.69) is 9.72 Å². The molecule has 0 unspecified atom stereocenters. The topological polar surface area (TPSA) is 59.4 Å². The van der Waals surface area contributed by atoms with Crippen molar-refractivity contribution in [2.45, 2.75) is 12.8 Å². The summed E-state index contributed by atoms with van der Waals surface area (Å²) in [5, 5.41) is 8.51. The number of hydrogen-bond acceptors (Lipinski definition) is 3. The molecule has 0 aliphatic rings. The van der Waals surface area contributed by atoms with Gasteiger partial charge in [-0.3, -0.25) is 0 Å². The largest absolute Gasteiger partial charge is 0.573 e. The number of aromatic nitrogens is 1. The third-order valence-corrected chi connectivity index (χ3v) is 1.62. The molecule has 1 aromatic rings. The van der Waals surface area contributed by atoms with Crippen LogP contribution in [0.2, 0.25) is 0 Å². The van der Waals surface area contributed by atoms with E-state index in [1.807, 2.05) is 0 Å².